The SMILES string of the molecule is N#CCc1ccc(Cn2ncc(C(=O)CCCCCc3ccc(C(=N)N)cc3)c2C2CC2)cc1. The average molecular weight is 454 g/mol. The maximum atomic E-state index is 13.0. The van der Waals surface area contributed by atoms with Gasteiger partial charge in [0.2, 0.25) is 0 Å². The minimum Gasteiger partial charge on any atom is -0.384 e. The lowest BCUT2D eigenvalue weighted by molar-refractivity contribution is 0.0978. The highest BCUT2D eigenvalue weighted by atomic mass is 16.1. The molecule has 0 bridgehead atoms. The van der Waals surface area contributed by atoms with E-state index in [0.717, 1.165) is 66.5 Å². The van der Waals surface area contributed by atoms with Gasteiger partial charge in [0.25, 0.3) is 0 Å². The van der Waals surface area contributed by atoms with Crippen molar-refractivity contribution in [1.82, 2.24) is 9.78 Å². The zero-order chi connectivity index (χ0) is 23.9. The summed E-state index contributed by atoms with van der Waals surface area (Å²) in [4.78, 5) is 13.0. The molecular formula is C28H31N5O. The van der Waals surface area contributed by atoms with E-state index in [1.807, 2.05) is 53.2 Å². The van der Waals surface area contributed by atoms with Crippen molar-refractivity contribution in [2.75, 3.05) is 0 Å². The van der Waals surface area contributed by atoms with Gasteiger partial charge in [-0.05, 0) is 48.8 Å². The number of benzene rings is 2. The molecule has 1 aliphatic carbocycles. The van der Waals surface area contributed by atoms with E-state index >= 15 is 0 Å². The molecule has 0 radical (unpaired) electrons. The summed E-state index contributed by atoms with van der Waals surface area (Å²) in [6.45, 7) is 0.647. The zero-order valence-corrected chi connectivity index (χ0v) is 19.5. The largest absolute Gasteiger partial charge is 0.384 e. The van der Waals surface area contributed by atoms with Crippen molar-refractivity contribution in [2.45, 2.75) is 63.8 Å². The number of carbonyl (C=O) groups is 1. The molecule has 0 spiro atoms. The predicted molar refractivity (Wildman–Crippen MR) is 133 cm³/mol. The number of amidine groups is 1. The van der Waals surface area contributed by atoms with E-state index in [1.165, 1.54) is 5.56 Å². The van der Waals surface area contributed by atoms with E-state index in [0.29, 0.717) is 25.3 Å². The Morgan fingerprint density at radius 1 is 1.03 bits per heavy atom. The fourth-order valence-electron chi connectivity index (χ4n) is 4.33. The van der Waals surface area contributed by atoms with E-state index in [-0.39, 0.29) is 11.6 Å². The highest BCUT2D eigenvalue weighted by Crippen LogP contribution is 2.42. The second-order valence-corrected chi connectivity index (χ2v) is 9.12. The van der Waals surface area contributed by atoms with E-state index in [1.54, 1.807) is 6.20 Å². The number of hydrogen-bond acceptors (Lipinski definition) is 4. The first kappa shape index (κ1) is 23.4. The molecule has 3 aromatic rings. The van der Waals surface area contributed by atoms with Gasteiger partial charge in [-0.3, -0.25) is 14.9 Å². The number of nitrogens with two attached hydrogens (primary N) is 1. The van der Waals surface area contributed by atoms with Crippen molar-refractivity contribution < 1.29 is 4.79 Å². The third kappa shape index (κ3) is 5.99. The quantitative estimate of drug-likeness (QED) is 0.171. The van der Waals surface area contributed by atoms with Gasteiger partial charge in [-0.1, -0.05) is 55.0 Å². The summed E-state index contributed by atoms with van der Waals surface area (Å²) in [5.74, 6) is 0.730. The molecule has 174 valence electrons. The fourth-order valence-corrected chi connectivity index (χ4v) is 4.33. The Labute approximate surface area is 200 Å². The van der Waals surface area contributed by atoms with E-state index < -0.39 is 0 Å². The summed E-state index contributed by atoms with van der Waals surface area (Å²) in [6, 6.07) is 18.1. The molecular weight excluding hydrogens is 422 g/mol. The van der Waals surface area contributed by atoms with Crippen molar-refractivity contribution in [2.24, 2.45) is 5.73 Å². The standard InChI is InChI=1S/C28H31N5O/c29-17-16-21-6-8-22(9-7-21)19-33-27(23-14-15-23)25(18-32-33)26(34)5-3-1-2-4-20-10-12-24(13-11-20)28(30)31/h6-13,18,23H,1-5,14-16,19H2,(H3,30,31). The molecule has 1 aromatic heterocycles. The fraction of sp³-hybridized carbons (Fsp3) is 0.357. The molecule has 6 heteroatoms. The number of nitrogen functional groups attached to an aromatic ring is 1. The first-order valence-electron chi connectivity index (χ1n) is 12.0. The normalized spacial score (nSPS) is 12.9. The summed E-state index contributed by atoms with van der Waals surface area (Å²) in [5.41, 5.74) is 11.5. The minimum atomic E-state index is 0.0902. The van der Waals surface area contributed by atoms with Crippen molar-refractivity contribution in [3.63, 3.8) is 0 Å². The number of Topliss-reactive ketones (excluding diaryl/α,β-unsaturated/α-hetero) is 1. The molecule has 1 aliphatic rings. The molecule has 34 heavy (non-hydrogen) atoms. The minimum absolute atomic E-state index is 0.0902. The van der Waals surface area contributed by atoms with Gasteiger partial charge in [0.05, 0.1) is 36.5 Å². The number of carbonyl (C=O) groups excluding carboxylic acids is 1. The molecule has 1 heterocycles. The summed E-state index contributed by atoms with van der Waals surface area (Å²) in [6.07, 6.45) is 8.84. The van der Waals surface area contributed by atoms with Crippen LogP contribution in [0.4, 0.5) is 0 Å². The molecule has 2 aromatic carbocycles. The Morgan fingerprint density at radius 2 is 1.71 bits per heavy atom. The van der Waals surface area contributed by atoms with Crippen molar-refractivity contribution in [1.29, 1.82) is 10.7 Å². The van der Waals surface area contributed by atoms with E-state index in [2.05, 4.69) is 11.2 Å². The first-order chi connectivity index (χ1) is 16.5. The lowest BCUT2D eigenvalue weighted by Crippen LogP contribution is -2.10. The summed E-state index contributed by atoms with van der Waals surface area (Å²) >= 11 is 0. The molecule has 3 N–H and O–H groups in total. The number of nitriles is 1. The number of nitrogens with one attached hydrogen (secondary N) is 1. The van der Waals surface area contributed by atoms with Crippen molar-refractivity contribution >= 4 is 11.6 Å². The van der Waals surface area contributed by atoms with Crippen LogP contribution in [0.1, 0.15) is 82.7 Å². The van der Waals surface area contributed by atoms with Crippen LogP contribution in [0.2, 0.25) is 0 Å². The third-order valence-corrected chi connectivity index (χ3v) is 6.42. The lowest BCUT2D eigenvalue weighted by Gasteiger charge is -2.09. The number of unbranched alkanes of at least 4 members (excludes halogenated alkanes) is 2. The monoisotopic (exact) mass is 453 g/mol. The summed E-state index contributed by atoms with van der Waals surface area (Å²) in [7, 11) is 0. The van der Waals surface area contributed by atoms with Gasteiger partial charge < -0.3 is 5.73 Å². The Hall–Kier alpha value is -3.72. The van der Waals surface area contributed by atoms with Crippen LogP contribution in [0.25, 0.3) is 0 Å². The summed E-state index contributed by atoms with van der Waals surface area (Å²) in [5, 5.41) is 20.9. The summed E-state index contributed by atoms with van der Waals surface area (Å²) < 4.78 is 1.99. The van der Waals surface area contributed by atoms with Gasteiger partial charge in [0, 0.05) is 17.9 Å². The average Bonchev–Trinajstić information content (AvgIpc) is 3.60. The maximum absolute atomic E-state index is 13.0. The highest BCUT2D eigenvalue weighted by molar-refractivity contribution is 5.97. The van der Waals surface area contributed by atoms with Crippen LogP contribution in [-0.4, -0.2) is 21.4 Å². The van der Waals surface area contributed by atoms with Crippen LogP contribution in [0.15, 0.2) is 54.7 Å². The molecule has 1 saturated carbocycles. The second kappa shape index (κ2) is 10.9. The molecule has 4 rings (SSSR count). The molecule has 6 nitrogen and oxygen atoms in total. The molecule has 0 atom stereocenters. The number of aromatic nitrogens is 2. The zero-order valence-electron chi connectivity index (χ0n) is 19.5. The molecule has 0 amide bonds. The van der Waals surface area contributed by atoms with E-state index in [4.69, 9.17) is 16.4 Å². The number of ketones is 1. The molecule has 0 saturated heterocycles. The predicted octanol–water partition coefficient (Wildman–Crippen LogP) is 5.14. The van der Waals surface area contributed by atoms with E-state index in [9.17, 15) is 4.79 Å². The van der Waals surface area contributed by atoms with Crippen LogP contribution < -0.4 is 5.73 Å². The second-order valence-electron chi connectivity index (χ2n) is 9.12. The van der Waals surface area contributed by atoms with Crippen molar-refractivity contribution in [3.05, 3.63) is 88.2 Å². The topological polar surface area (TPSA) is 109 Å². The number of nitrogens with zero attached hydrogens (tertiary/aromatic N) is 3. The Balaban J connectivity index is 1.29. The van der Waals surface area contributed by atoms with Crippen LogP contribution >= 0.6 is 0 Å². The van der Waals surface area contributed by atoms with Gasteiger partial charge in [-0.2, -0.15) is 10.4 Å². The molecule has 0 aliphatic heterocycles. The highest BCUT2D eigenvalue weighted by Gasteiger charge is 2.32. The third-order valence-electron chi connectivity index (χ3n) is 6.42. The van der Waals surface area contributed by atoms with Crippen LogP contribution in [0, 0.1) is 16.7 Å². The number of rotatable bonds is 12. The first-order valence-corrected chi connectivity index (χ1v) is 12.0. The van der Waals surface area contributed by atoms with Gasteiger partial charge in [0.15, 0.2) is 5.78 Å². The Morgan fingerprint density at radius 3 is 2.35 bits per heavy atom. The number of hydrogen-bond donors (Lipinski definition) is 2. The maximum Gasteiger partial charge on any atom is 0.166 e. The van der Waals surface area contributed by atoms with Crippen molar-refractivity contribution in [3.8, 4) is 6.07 Å². The van der Waals surface area contributed by atoms with Gasteiger partial charge in [-0.25, -0.2) is 0 Å². The smallest absolute Gasteiger partial charge is 0.166 e. The van der Waals surface area contributed by atoms with Crippen LogP contribution in [-0.2, 0) is 19.4 Å². The van der Waals surface area contributed by atoms with Gasteiger partial charge in [0.1, 0.15) is 5.84 Å². The molecule has 0 unspecified atom stereocenters. The lowest BCUT2D eigenvalue weighted by atomic mass is 10.0. The Bertz CT molecular complexity index is 1180. The van der Waals surface area contributed by atoms with Crippen LogP contribution in [0.5, 0.6) is 0 Å². The molecule has 1 fully saturated rings. The number of aryl methyl sites for hydroxylation is 1. The Kier molecular flexibility index (Phi) is 7.54. The van der Waals surface area contributed by atoms with Crippen LogP contribution in [0.3, 0.4) is 0 Å². The van der Waals surface area contributed by atoms with Gasteiger partial charge in [-0.15, -0.1) is 0 Å². The van der Waals surface area contributed by atoms with Gasteiger partial charge >= 0.3 is 0 Å².